The topological polar surface area (TPSA) is 56.1 Å². The Kier molecular flexibility index (Phi) is 3.23. The van der Waals surface area contributed by atoms with Crippen molar-refractivity contribution in [3.05, 3.63) is 11.9 Å². The number of nitrogens with one attached hydrogen (secondary N) is 1. The minimum atomic E-state index is -0.544. The zero-order chi connectivity index (χ0) is 12.3. The molecule has 1 aromatic rings. The van der Waals surface area contributed by atoms with Crippen LogP contribution in [0.3, 0.4) is 0 Å². The van der Waals surface area contributed by atoms with E-state index in [1.54, 1.807) is 27.8 Å². The lowest BCUT2D eigenvalue weighted by Crippen LogP contribution is -2.27. The molecule has 5 nitrogen and oxygen atoms in total. The van der Waals surface area contributed by atoms with Gasteiger partial charge in [-0.2, -0.15) is 5.10 Å². The van der Waals surface area contributed by atoms with Crippen LogP contribution in [0.4, 0.5) is 10.5 Å². The highest BCUT2D eigenvalue weighted by Gasteiger charge is 2.17. The van der Waals surface area contributed by atoms with Gasteiger partial charge in [-0.1, -0.05) is 0 Å². The number of hydrogen-bond acceptors (Lipinski definition) is 3. The molecule has 0 aromatic carbocycles. The van der Waals surface area contributed by atoms with Gasteiger partial charge in [0.05, 0.1) is 11.9 Å². The number of amides is 1. The maximum absolute atomic E-state index is 11.5. The Labute approximate surface area is 94.8 Å². The van der Waals surface area contributed by atoms with Gasteiger partial charge < -0.3 is 4.74 Å². The van der Waals surface area contributed by atoms with Crippen molar-refractivity contribution >= 4 is 11.8 Å². The maximum Gasteiger partial charge on any atom is 0.412 e. The molecule has 1 heterocycles. The van der Waals surface area contributed by atoms with E-state index in [0.29, 0.717) is 11.4 Å². The third kappa shape index (κ3) is 3.02. The summed E-state index contributed by atoms with van der Waals surface area (Å²) in [5, 5.41) is 6.49. The van der Waals surface area contributed by atoms with E-state index in [4.69, 9.17) is 11.2 Å². The quantitative estimate of drug-likeness (QED) is 0.735. The molecule has 1 N–H and O–H groups in total. The van der Waals surface area contributed by atoms with Crippen LogP contribution in [0.25, 0.3) is 0 Å². The van der Waals surface area contributed by atoms with Crippen LogP contribution in [0.2, 0.25) is 0 Å². The first kappa shape index (κ1) is 12.1. The number of ether oxygens (including phenoxy) is 1. The monoisotopic (exact) mass is 221 g/mol. The summed E-state index contributed by atoms with van der Waals surface area (Å²) in [7, 11) is 1.70. The van der Waals surface area contributed by atoms with Gasteiger partial charge in [0, 0.05) is 7.05 Å². The number of terminal acetylenes is 1. The van der Waals surface area contributed by atoms with Crippen LogP contribution in [0.15, 0.2) is 6.20 Å². The summed E-state index contributed by atoms with van der Waals surface area (Å²) < 4.78 is 6.60. The van der Waals surface area contributed by atoms with Gasteiger partial charge in [-0.3, -0.25) is 10.00 Å². The minimum absolute atomic E-state index is 0.472. The fourth-order valence-electron chi connectivity index (χ4n) is 1.11. The van der Waals surface area contributed by atoms with Crippen LogP contribution in [0.5, 0.6) is 0 Å². The predicted molar refractivity (Wildman–Crippen MR) is 61.0 cm³/mol. The zero-order valence-electron chi connectivity index (χ0n) is 9.87. The van der Waals surface area contributed by atoms with E-state index in [0.717, 1.165) is 0 Å². The number of aromatic nitrogens is 2. The van der Waals surface area contributed by atoms with Crippen molar-refractivity contribution in [1.29, 1.82) is 0 Å². The molecule has 0 fully saturated rings. The molecule has 16 heavy (non-hydrogen) atoms. The Morgan fingerprint density at radius 2 is 2.25 bits per heavy atom. The summed E-state index contributed by atoms with van der Waals surface area (Å²) in [5.74, 6) is 2.44. The van der Waals surface area contributed by atoms with Crippen molar-refractivity contribution in [1.82, 2.24) is 9.78 Å². The molecule has 0 saturated heterocycles. The minimum Gasteiger partial charge on any atom is -0.444 e. The predicted octanol–water partition coefficient (Wildman–Crippen LogP) is 1.75. The highest BCUT2D eigenvalue weighted by atomic mass is 16.6. The van der Waals surface area contributed by atoms with Crippen LogP contribution >= 0.6 is 0 Å². The molecule has 0 saturated carbocycles. The summed E-state index contributed by atoms with van der Waals surface area (Å²) in [4.78, 5) is 11.5. The van der Waals surface area contributed by atoms with Gasteiger partial charge in [-0.05, 0) is 26.7 Å². The molecule has 0 spiro atoms. The second kappa shape index (κ2) is 4.27. The first-order chi connectivity index (χ1) is 7.33. The lowest BCUT2D eigenvalue weighted by molar-refractivity contribution is 0.0636. The van der Waals surface area contributed by atoms with Crippen molar-refractivity contribution in [3.63, 3.8) is 0 Å². The van der Waals surface area contributed by atoms with Crippen LogP contribution in [-0.2, 0) is 11.8 Å². The first-order valence-electron chi connectivity index (χ1n) is 4.82. The molecule has 0 atom stereocenters. The van der Waals surface area contributed by atoms with Gasteiger partial charge in [0.15, 0.2) is 0 Å². The third-order valence-corrected chi connectivity index (χ3v) is 1.71. The van der Waals surface area contributed by atoms with Crippen molar-refractivity contribution in [2.24, 2.45) is 7.05 Å². The summed E-state index contributed by atoms with van der Waals surface area (Å²) >= 11 is 0. The number of carbonyl (C=O) groups excluding carboxylic acids is 1. The SMILES string of the molecule is C#Cc1c(NC(=O)OC(C)(C)C)cnn1C. The maximum atomic E-state index is 11.5. The molecule has 0 unspecified atom stereocenters. The fraction of sp³-hybridized carbons (Fsp3) is 0.455. The molecule has 0 radical (unpaired) electrons. The van der Waals surface area contributed by atoms with E-state index in [1.807, 2.05) is 0 Å². The molecular formula is C11H15N3O2. The molecule has 1 aromatic heterocycles. The molecule has 1 rings (SSSR count). The van der Waals surface area contributed by atoms with Crippen LogP contribution in [0, 0.1) is 12.3 Å². The first-order valence-corrected chi connectivity index (χ1v) is 4.82. The van der Waals surface area contributed by atoms with E-state index in [-0.39, 0.29) is 0 Å². The average molecular weight is 221 g/mol. The van der Waals surface area contributed by atoms with E-state index >= 15 is 0 Å². The molecule has 5 heteroatoms. The Balaban J connectivity index is 2.75. The van der Waals surface area contributed by atoms with Crippen molar-refractivity contribution in [2.45, 2.75) is 26.4 Å². The van der Waals surface area contributed by atoms with Crippen molar-refractivity contribution in [2.75, 3.05) is 5.32 Å². The van der Waals surface area contributed by atoms with Gasteiger partial charge in [-0.15, -0.1) is 6.42 Å². The van der Waals surface area contributed by atoms with Crippen LogP contribution in [-0.4, -0.2) is 21.5 Å². The van der Waals surface area contributed by atoms with E-state index in [9.17, 15) is 4.79 Å². The number of rotatable bonds is 1. The van der Waals surface area contributed by atoms with Crippen LogP contribution in [0.1, 0.15) is 26.5 Å². The number of hydrogen-bond donors (Lipinski definition) is 1. The molecule has 0 aliphatic rings. The second-order valence-electron chi connectivity index (χ2n) is 4.30. The Hall–Kier alpha value is -1.96. The Bertz CT molecular complexity index is 435. The third-order valence-electron chi connectivity index (χ3n) is 1.71. The largest absolute Gasteiger partial charge is 0.444 e. The zero-order valence-corrected chi connectivity index (χ0v) is 9.87. The summed E-state index contributed by atoms with van der Waals surface area (Å²) in [6, 6.07) is 0. The van der Waals surface area contributed by atoms with E-state index < -0.39 is 11.7 Å². The highest BCUT2D eigenvalue weighted by molar-refractivity contribution is 5.86. The highest BCUT2D eigenvalue weighted by Crippen LogP contribution is 2.14. The molecule has 0 aliphatic carbocycles. The number of anilines is 1. The molecule has 1 amide bonds. The second-order valence-corrected chi connectivity index (χ2v) is 4.30. The molecule has 0 aliphatic heterocycles. The number of nitrogens with zero attached hydrogens (tertiary/aromatic N) is 2. The van der Waals surface area contributed by atoms with E-state index in [2.05, 4.69) is 16.3 Å². The Morgan fingerprint density at radius 3 is 2.75 bits per heavy atom. The fourth-order valence-corrected chi connectivity index (χ4v) is 1.11. The summed E-state index contributed by atoms with van der Waals surface area (Å²) in [5.41, 5.74) is 0.438. The summed E-state index contributed by atoms with van der Waals surface area (Å²) in [6.45, 7) is 5.37. The number of aryl methyl sites for hydroxylation is 1. The average Bonchev–Trinajstić information content (AvgIpc) is 2.43. The van der Waals surface area contributed by atoms with Crippen LogP contribution < -0.4 is 5.32 Å². The van der Waals surface area contributed by atoms with Gasteiger partial charge >= 0.3 is 6.09 Å². The van der Waals surface area contributed by atoms with Gasteiger partial charge in [0.25, 0.3) is 0 Å². The summed E-state index contributed by atoms with van der Waals surface area (Å²) in [6.07, 6.45) is 6.24. The van der Waals surface area contributed by atoms with Gasteiger partial charge in [0.2, 0.25) is 0 Å². The Morgan fingerprint density at radius 1 is 1.62 bits per heavy atom. The molecule has 0 bridgehead atoms. The van der Waals surface area contributed by atoms with Crippen molar-refractivity contribution in [3.8, 4) is 12.3 Å². The van der Waals surface area contributed by atoms with Gasteiger partial charge in [-0.25, -0.2) is 4.79 Å². The molecular weight excluding hydrogens is 206 g/mol. The molecule has 86 valence electrons. The van der Waals surface area contributed by atoms with Crippen molar-refractivity contribution < 1.29 is 9.53 Å². The smallest absolute Gasteiger partial charge is 0.412 e. The normalized spacial score (nSPS) is 10.7. The van der Waals surface area contributed by atoms with E-state index in [1.165, 1.54) is 10.9 Å². The lowest BCUT2D eigenvalue weighted by Gasteiger charge is -2.19. The standard InChI is InChI=1S/C11H15N3O2/c1-6-9-8(7-12-14(9)5)13-10(15)16-11(2,3)4/h1,7H,2-5H3,(H,13,15). The van der Waals surface area contributed by atoms with Gasteiger partial charge in [0.1, 0.15) is 11.3 Å². The number of carbonyl (C=O) groups is 1. The lowest BCUT2D eigenvalue weighted by atomic mass is 10.2.